The third kappa shape index (κ3) is 5.06. The van der Waals surface area contributed by atoms with Crippen molar-refractivity contribution in [1.29, 1.82) is 0 Å². The number of aromatic nitrogens is 3. The molecule has 10 heteroatoms. The Kier molecular flexibility index (Phi) is 6.31. The Morgan fingerprint density at radius 3 is 2.29 bits per heavy atom. The fraction of sp³-hybridized carbons (Fsp3) is 0.292. The van der Waals surface area contributed by atoms with Crippen molar-refractivity contribution in [3.8, 4) is 11.1 Å². The zero-order valence-electron chi connectivity index (χ0n) is 18.8. The van der Waals surface area contributed by atoms with Gasteiger partial charge in [0.05, 0.1) is 6.42 Å². The van der Waals surface area contributed by atoms with Crippen LogP contribution in [0.25, 0.3) is 11.1 Å². The molecule has 1 aromatic heterocycles. The molecule has 0 unspecified atom stereocenters. The van der Waals surface area contributed by atoms with Crippen LogP contribution in [0.1, 0.15) is 47.9 Å². The summed E-state index contributed by atoms with van der Waals surface area (Å²) >= 11 is 0. The van der Waals surface area contributed by atoms with E-state index in [1.54, 1.807) is 13.8 Å². The van der Waals surface area contributed by atoms with E-state index in [1.807, 2.05) is 36.4 Å². The molecule has 0 fully saturated rings. The molecule has 0 saturated heterocycles. The summed E-state index contributed by atoms with van der Waals surface area (Å²) in [6.45, 7) is 3.72. The molecule has 10 nitrogen and oxygen atoms in total. The maximum Gasteiger partial charge on any atom is 0.414 e. The summed E-state index contributed by atoms with van der Waals surface area (Å²) in [5.41, 5.74) is 3.81. The number of hydrogen-bond acceptors (Lipinski definition) is 6. The maximum atomic E-state index is 12.3. The summed E-state index contributed by atoms with van der Waals surface area (Å²) in [5.74, 6) is -1.81. The molecule has 3 aromatic rings. The average molecular weight is 463 g/mol. The van der Waals surface area contributed by atoms with Crippen molar-refractivity contribution in [3.05, 3.63) is 65.5 Å². The predicted molar refractivity (Wildman–Crippen MR) is 123 cm³/mol. The van der Waals surface area contributed by atoms with Gasteiger partial charge < -0.3 is 15.2 Å². The fourth-order valence-electron chi connectivity index (χ4n) is 4.02. The molecule has 0 radical (unpaired) electrons. The fourth-order valence-corrected chi connectivity index (χ4v) is 4.02. The van der Waals surface area contributed by atoms with Crippen molar-refractivity contribution in [1.82, 2.24) is 20.5 Å². The minimum Gasteiger partial charge on any atom is -0.481 e. The topological polar surface area (TPSA) is 146 Å². The average Bonchev–Trinajstić information content (AvgIpc) is 3.38. The summed E-state index contributed by atoms with van der Waals surface area (Å²) in [6, 6.07) is 16.0. The lowest BCUT2D eigenvalue weighted by molar-refractivity contribution is -0.139. The van der Waals surface area contributed by atoms with Crippen molar-refractivity contribution >= 4 is 23.9 Å². The van der Waals surface area contributed by atoms with Gasteiger partial charge in [0.1, 0.15) is 6.61 Å². The number of benzene rings is 2. The van der Waals surface area contributed by atoms with Gasteiger partial charge in [-0.05, 0) is 27.7 Å². The lowest BCUT2D eigenvalue weighted by atomic mass is 9.89. The Labute approximate surface area is 195 Å². The Hall–Kier alpha value is -4.21. The smallest absolute Gasteiger partial charge is 0.414 e. The van der Waals surface area contributed by atoms with Crippen LogP contribution in [0, 0.1) is 5.41 Å². The van der Waals surface area contributed by atoms with Crippen molar-refractivity contribution in [2.45, 2.75) is 26.2 Å². The van der Waals surface area contributed by atoms with Crippen LogP contribution in [0.3, 0.4) is 0 Å². The molecule has 0 spiro atoms. The van der Waals surface area contributed by atoms with Gasteiger partial charge in [0.25, 0.3) is 11.9 Å². The van der Waals surface area contributed by atoms with Crippen LogP contribution in [-0.2, 0) is 9.53 Å². The Bertz CT molecular complexity index is 1190. The van der Waals surface area contributed by atoms with Gasteiger partial charge >= 0.3 is 12.1 Å². The molecule has 4 rings (SSSR count). The molecule has 0 aliphatic heterocycles. The number of nitrogens with zero attached hydrogens (tertiary/aromatic N) is 2. The third-order valence-electron chi connectivity index (χ3n) is 5.62. The number of fused-ring (bicyclic) bond motifs is 3. The van der Waals surface area contributed by atoms with Crippen LogP contribution in [0.15, 0.2) is 48.5 Å². The Balaban J connectivity index is 1.33. The number of nitrogens with one attached hydrogen (secondary N) is 3. The molecule has 1 heterocycles. The van der Waals surface area contributed by atoms with Gasteiger partial charge in [-0.1, -0.05) is 62.4 Å². The number of anilines is 1. The maximum absolute atomic E-state index is 12.3. The van der Waals surface area contributed by atoms with Crippen LogP contribution in [-0.4, -0.2) is 51.4 Å². The molecule has 34 heavy (non-hydrogen) atoms. The van der Waals surface area contributed by atoms with Crippen molar-refractivity contribution < 1.29 is 24.2 Å². The summed E-state index contributed by atoms with van der Waals surface area (Å²) < 4.78 is 5.44. The van der Waals surface area contributed by atoms with E-state index >= 15 is 0 Å². The molecule has 1 aliphatic carbocycles. The first-order valence-electron chi connectivity index (χ1n) is 10.8. The van der Waals surface area contributed by atoms with E-state index in [0.717, 1.165) is 22.3 Å². The number of H-pyrrole nitrogens is 1. The highest BCUT2D eigenvalue weighted by Gasteiger charge is 2.29. The van der Waals surface area contributed by atoms with Crippen molar-refractivity contribution in [2.75, 3.05) is 18.5 Å². The first-order chi connectivity index (χ1) is 16.2. The van der Waals surface area contributed by atoms with Crippen molar-refractivity contribution in [2.24, 2.45) is 5.41 Å². The number of carboxylic acid groups (broad SMARTS) is 1. The van der Waals surface area contributed by atoms with E-state index in [2.05, 4.69) is 37.9 Å². The highest BCUT2D eigenvalue weighted by molar-refractivity contribution is 5.91. The molecule has 2 aromatic carbocycles. The van der Waals surface area contributed by atoms with Gasteiger partial charge in [0.2, 0.25) is 5.82 Å². The number of carbonyl (C=O) groups is 3. The quantitative estimate of drug-likeness (QED) is 0.400. The number of carboxylic acids is 1. The lowest BCUT2D eigenvalue weighted by Gasteiger charge is -2.22. The molecule has 0 atom stereocenters. The molecular formula is C24H25N5O5. The van der Waals surface area contributed by atoms with E-state index in [9.17, 15) is 14.4 Å². The summed E-state index contributed by atoms with van der Waals surface area (Å²) in [6.07, 6.45) is -0.839. The Morgan fingerprint density at radius 1 is 1.06 bits per heavy atom. The molecule has 0 saturated carbocycles. The largest absolute Gasteiger partial charge is 0.481 e. The van der Waals surface area contributed by atoms with Gasteiger partial charge in [0, 0.05) is 12.5 Å². The molecule has 2 amide bonds. The zero-order valence-corrected chi connectivity index (χ0v) is 18.8. The van der Waals surface area contributed by atoms with E-state index in [4.69, 9.17) is 9.84 Å². The first-order valence-corrected chi connectivity index (χ1v) is 10.8. The Morgan fingerprint density at radius 2 is 1.68 bits per heavy atom. The molecule has 4 N–H and O–H groups in total. The van der Waals surface area contributed by atoms with Crippen LogP contribution < -0.4 is 10.6 Å². The molecule has 0 bridgehead atoms. The standard InChI is InChI=1S/C24H25N5O5/c1-24(2,11-19(30)31)13-25-21(32)20-26-22(29-28-20)27-23(33)34-12-18-16-9-5-3-7-14(16)15-8-4-6-10-17(15)18/h3-10,18H,11-13H2,1-2H3,(H,25,32)(H,30,31)(H2,26,27,28,29,33). The predicted octanol–water partition coefficient (Wildman–Crippen LogP) is 3.40. The van der Waals surface area contributed by atoms with Gasteiger partial charge in [-0.15, -0.1) is 5.10 Å². The summed E-state index contributed by atoms with van der Waals surface area (Å²) in [5, 5.41) is 20.2. The molecular weight excluding hydrogens is 438 g/mol. The second kappa shape index (κ2) is 9.34. The van der Waals surface area contributed by atoms with E-state index in [-0.39, 0.29) is 37.3 Å². The van der Waals surface area contributed by atoms with E-state index in [1.165, 1.54) is 0 Å². The van der Waals surface area contributed by atoms with Crippen LogP contribution >= 0.6 is 0 Å². The third-order valence-corrected chi connectivity index (χ3v) is 5.62. The second-order valence-corrected chi connectivity index (χ2v) is 8.88. The minimum atomic E-state index is -0.950. The van der Waals surface area contributed by atoms with Gasteiger partial charge in [-0.25, -0.2) is 4.79 Å². The summed E-state index contributed by atoms with van der Waals surface area (Å²) in [4.78, 5) is 39.5. The summed E-state index contributed by atoms with van der Waals surface area (Å²) in [7, 11) is 0. The first kappa shape index (κ1) is 23.0. The van der Waals surface area contributed by atoms with Crippen LogP contribution in [0.4, 0.5) is 10.7 Å². The highest BCUT2D eigenvalue weighted by Crippen LogP contribution is 2.44. The van der Waals surface area contributed by atoms with Crippen LogP contribution in [0.2, 0.25) is 0 Å². The number of aromatic amines is 1. The number of carbonyl (C=O) groups excluding carboxylic acids is 2. The van der Waals surface area contributed by atoms with Gasteiger partial charge in [-0.2, -0.15) is 4.98 Å². The van der Waals surface area contributed by atoms with Crippen LogP contribution in [0.5, 0.6) is 0 Å². The lowest BCUT2D eigenvalue weighted by Crippen LogP contribution is -2.35. The second-order valence-electron chi connectivity index (χ2n) is 8.88. The zero-order chi connectivity index (χ0) is 24.3. The minimum absolute atomic E-state index is 0.0826. The molecule has 1 aliphatic rings. The van der Waals surface area contributed by atoms with E-state index < -0.39 is 23.4 Å². The number of aliphatic carboxylic acids is 1. The number of rotatable bonds is 8. The normalized spacial score (nSPS) is 12.5. The number of hydrogen-bond donors (Lipinski definition) is 4. The van der Waals surface area contributed by atoms with Crippen molar-refractivity contribution in [3.63, 3.8) is 0 Å². The SMILES string of the molecule is CC(C)(CNC(=O)c1nc(NC(=O)OCC2c3ccccc3-c3ccccc32)n[nH]1)CC(=O)O. The van der Waals surface area contributed by atoms with E-state index in [0.29, 0.717) is 0 Å². The van der Waals surface area contributed by atoms with Gasteiger partial charge in [0.15, 0.2) is 0 Å². The monoisotopic (exact) mass is 463 g/mol. The number of amides is 2. The van der Waals surface area contributed by atoms with Gasteiger partial charge in [-0.3, -0.25) is 20.0 Å². The highest BCUT2D eigenvalue weighted by atomic mass is 16.5. The number of ether oxygens (including phenoxy) is 1. The molecule has 176 valence electrons.